The van der Waals surface area contributed by atoms with E-state index in [1.54, 1.807) is 0 Å². The average molecular weight is 757 g/mol. The van der Waals surface area contributed by atoms with E-state index in [0.717, 1.165) is 57.3 Å². The van der Waals surface area contributed by atoms with Crippen LogP contribution in [0.5, 0.6) is 0 Å². The molecule has 0 radical (unpaired) electrons. The second-order valence-electron chi connectivity index (χ2n) is 17.5. The Morgan fingerprint density at radius 1 is 0.448 bits per heavy atom. The Morgan fingerprint density at radius 3 is 1.45 bits per heavy atom. The minimum atomic E-state index is 0.0549. The number of benzene rings is 5. The van der Waals surface area contributed by atoms with Gasteiger partial charge in [-0.1, -0.05) is 127 Å². The Bertz CT molecular complexity index is 2740. The summed E-state index contributed by atoms with van der Waals surface area (Å²) in [6.45, 7) is 13.3. The molecule has 7 aromatic rings. The molecule has 284 valence electrons. The smallest absolute Gasteiger partial charge is 0.248 e. The number of rotatable bonds is 4. The van der Waals surface area contributed by atoms with Crippen LogP contribution < -0.4 is 0 Å². The van der Waals surface area contributed by atoms with Crippen LogP contribution in [0.4, 0.5) is 0 Å². The van der Waals surface area contributed by atoms with Gasteiger partial charge in [-0.2, -0.15) is 0 Å². The highest BCUT2D eigenvalue weighted by Gasteiger charge is 2.32. The molecule has 3 aliphatic rings. The minimum absolute atomic E-state index is 0.0549. The van der Waals surface area contributed by atoms with Crippen LogP contribution in [0.25, 0.3) is 74.2 Å². The van der Waals surface area contributed by atoms with Crippen LogP contribution in [-0.4, -0.2) is 20.4 Å². The lowest BCUT2D eigenvalue weighted by atomic mass is 9.82. The maximum atomic E-state index is 6.41. The van der Waals surface area contributed by atoms with Crippen molar-refractivity contribution in [2.75, 3.05) is 0 Å². The van der Waals surface area contributed by atoms with E-state index < -0.39 is 0 Å². The monoisotopic (exact) mass is 756 g/mol. The lowest BCUT2D eigenvalue weighted by molar-refractivity contribution is 0.582. The maximum absolute atomic E-state index is 6.41. The number of hydrogen-bond donors (Lipinski definition) is 0. The molecular weight excluding hydrogens is 713 g/mol. The van der Waals surface area contributed by atoms with Crippen molar-refractivity contribution in [3.63, 3.8) is 0 Å². The Kier molecular flexibility index (Phi) is 8.31. The fourth-order valence-electron chi connectivity index (χ4n) is 8.40. The molecule has 0 bridgehead atoms. The Morgan fingerprint density at radius 2 is 0.931 bits per heavy atom. The molecule has 10 rings (SSSR count). The third-order valence-electron chi connectivity index (χ3n) is 11.6. The van der Waals surface area contributed by atoms with Crippen LogP contribution in [0.3, 0.4) is 0 Å². The van der Waals surface area contributed by atoms with E-state index in [1.165, 1.54) is 44.5 Å². The summed E-state index contributed by atoms with van der Waals surface area (Å²) in [5, 5.41) is 18.1. The summed E-state index contributed by atoms with van der Waals surface area (Å²) in [6.07, 6.45) is 11.0. The van der Waals surface area contributed by atoms with Crippen molar-refractivity contribution in [2.24, 2.45) is 0 Å². The first-order valence-corrected chi connectivity index (χ1v) is 20.1. The number of allylic oxidation sites excluding steroid dienone is 6. The van der Waals surface area contributed by atoms with Gasteiger partial charge in [0.05, 0.1) is 0 Å². The van der Waals surface area contributed by atoms with Crippen LogP contribution in [0, 0.1) is 0 Å². The summed E-state index contributed by atoms with van der Waals surface area (Å²) in [4.78, 5) is 0. The van der Waals surface area contributed by atoms with E-state index in [-0.39, 0.29) is 10.8 Å². The SMILES string of the molecule is CC(C)(C)c1ccc(-c2nnc(-c3ccc4c(c3)C(=C3C5=C(C=CCC5)C=Cc5ccccc53)c3cc(-c5nnc(-c6ccc(C(C)(C)C)cc6)o5)ccc3-4)o2)cc1. The zero-order valence-corrected chi connectivity index (χ0v) is 33.7. The molecule has 0 spiro atoms. The molecular formula is C52H44N4O2. The van der Waals surface area contributed by atoms with Crippen LogP contribution in [0.15, 0.2) is 147 Å². The molecule has 58 heavy (non-hydrogen) atoms. The molecule has 5 aromatic carbocycles. The summed E-state index contributed by atoms with van der Waals surface area (Å²) in [7, 11) is 0. The van der Waals surface area contributed by atoms with Gasteiger partial charge < -0.3 is 8.83 Å². The van der Waals surface area contributed by atoms with E-state index in [0.29, 0.717) is 23.6 Å². The molecule has 6 nitrogen and oxygen atoms in total. The zero-order chi connectivity index (χ0) is 39.8. The minimum Gasteiger partial charge on any atom is -0.416 e. The molecule has 6 heteroatoms. The summed E-state index contributed by atoms with van der Waals surface area (Å²) >= 11 is 0. The van der Waals surface area contributed by atoms with Gasteiger partial charge in [-0.15, -0.1) is 20.4 Å². The fourth-order valence-corrected chi connectivity index (χ4v) is 8.40. The third-order valence-corrected chi connectivity index (χ3v) is 11.6. The predicted molar refractivity (Wildman–Crippen MR) is 234 cm³/mol. The molecule has 2 heterocycles. The van der Waals surface area contributed by atoms with Crippen LogP contribution in [-0.2, 0) is 10.8 Å². The van der Waals surface area contributed by atoms with Gasteiger partial charge in [0.1, 0.15) is 0 Å². The van der Waals surface area contributed by atoms with Crippen LogP contribution >= 0.6 is 0 Å². The summed E-state index contributed by atoms with van der Waals surface area (Å²) in [5.41, 5.74) is 18.1. The highest BCUT2D eigenvalue weighted by atomic mass is 16.4. The summed E-state index contributed by atoms with van der Waals surface area (Å²) in [5.74, 6) is 1.96. The number of nitrogens with zero attached hydrogens (tertiary/aromatic N) is 4. The lowest BCUT2D eigenvalue weighted by Gasteiger charge is -2.21. The van der Waals surface area contributed by atoms with Gasteiger partial charge in [-0.05, 0) is 139 Å². The van der Waals surface area contributed by atoms with Gasteiger partial charge in [-0.3, -0.25) is 0 Å². The topological polar surface area (TPSA) is 77.8 Å². The van der Waals surface area contributed by atoms with E-state index in [2.05, 4.69) is 195 Å². The first-order valence-electron chi connectivity index (χ1n) is 20.1. The van der Waals surface area contributed by atoms with Crippen molar-refractivity contribution >= 4 is 17.2 Å². The van der Waals surface area contributed by atoms with Crippen molar-refractivity contribution in [1.29, 1.82) is 0 Å². The Labute approximate surface area is 339 Å². The van der Waals surface area contributed by atoms with Crippen molar-refractivity contribution in [2.45, 2.75) is 65.2 Å². The molecule has 0 saturated heterocycles. The van der Waals surface area contributed by atoms with Crippen molar-refractivity contribution in [3.05, 3.63) is 172 Å². The standard InChI is InChI=1S/C52H44N4O2/c1-51(2,3)37-23-17-33(18-24-37)47-53-55-49(57-47)35-21-27-41-42-28-22-36(50-56-54-48(58-50)34-19-25-38(26-20-34)52(4,5)6)30-44(42)46(43(41)29-35)45-39-13-9-7-11-31(39)15-16-32-12-8-10-14-40(32)45/h7-9,11-13,15-30H,10,14H2,1-6H3. The van der Waals surface area contributed by atoms with Gasteiger partial charge in [0, 0.05) is 22.3 Å². The maximum Gasteiger partial charge on any atom is 0.248 e. The zero-order valence-electron chi connectivity index (χ0n) is 33.7. The first kappa shape index (κ1) is 35.7. The number of hydrogen-bond acceptors (Lipinski definition) is 6. The van der Waals surface area contributed by atoms with Crippen molar-refractivity contribution in [3.8, 4) is 56.9 Å². The van der Waals surface area contributed by atoms with Crippen LogP contribution in [0.1, 0.15) is 87.8 Å². The molecule has 3 aliphatic carbocycles. The van der Waals surface area contributed by atoms with Crippen molar-refractivity contribution in [1.82, 2.24) is 20.4 Å². The molecule has 0 N–H and O–H groups in total. The van der Waals surface area contributed by atoms with E-state index in [1.807, 2.05) is 0 Å². The molecule has 0 amide bonds. The van der Waals surface area contributed by atoms with E-state index in [4.69, 9.17) is 8.83 Å². The quantitative estimate of drug-likeness (QED) is 0.178. The van der Waals surface area contributed by atoms with Gasteiger partial charge in [0.25, 0.3) is 0 Å². The molecule has 0 unspecified atom stereocenters. The predicted octanol–water partition coefficient (Wildman–Crippen LogP) is 13.3. The van der Waals surface area contributed by atoms with Crippen LogP contribution in [0.2, 0.25) is 0 Å². The fraction of sp³-hybridized carbons (Fsp3) is 0.192. The van der Waals surface area contributed by atoms with Gasteiger partial charge in [0.2, 0.25) is 23.6 Å². The average Bonchev–Trinajstić information content (AvgIpc) is 3.97. The Balaban J connectivity index is 1.12. The molecule has 0 aliphatic heterocycles. The molecule has 0 atom stereocenters. The second kappa shape index (κ2) is 13.5. The van der Waals surface area contributed by atoms with E-state index >= 15 is 0 Å². The highest BCUT2D eigenvalue weighted by Crippen LogP contribution is 2.53. The molecule has 2 aromatic heterocycles. The number of fused-ring (bicyclic) bond motifs is 4. The number of aromatic nitrogens is 4. The molecule has 0 fully saturated rings. The van der Waals surface area contributed by atoms with Crippen molar-refractivity contribution < 1.29 is 8.83 Å². The van der Waals surface area contributed by atoms with Gasteiger partial charge in [-0.25, -0.2) is 0 Å². The summed E-state index contributed by atoms with van der Waals surface area (Å²) < 4.78 is 12.8. The Hall–Kier alpha value is -6.66. The van der Waals surface area contributed by atoms with Gasteiger partial charge >= 0.3 is 0 Å². The second-order valence-corrected chi connectivity index (χ2v) is 17.5. The third kappa shape index (κ3) is 6.20. The lowest BCUT2D eigenvalue weighted by Crippen LogP contribution is -2.10. The van der Waals surface area contributed by atoms with E-state index in [9.17, 15) is 0 Å². The van der Waals surface area contributed by atoms with Gasteiger partial charge in [0.15, 0.2) is 0 Å². The highest BCUT2D eigenvalue weighted by molar-refractivity contribution is 6.15. The normalized spacial score (nSPS) is 14.7. The largest absolute Gasteiger partial charge is 0.416 e. The first-order chi connectivity index (χ1) is 28.0. The molecule has 0 saturated carbocycles. The summed E-state index contributed by atoms with van der Waals surface area (Å²) in [6, 6.07) is 38.6.